The number of carbonyl (C=O) groups is 1. The van der Waals surface area contributed by atoms with Crippen LogP contribution in [0.4, 0.5) is 0 Å². The summed E-state index contributed by atoms with van der Waals surface area (Å²) in [5.74, 6) is -0.886. The Kier molecular flexibility index (Phi) is 4.76. The van der Waals surface area contributed by atoms with E-state index in [1.807, 2.05) is 30.3 Å². The molecule has 2 aromatic heterocycles. The zero-order valence-corrected chi connectivity index (χ0v) is 13.4. The van der Waals surface area contributed by atoms with Crippen LogP contribution in [-0.2, 0) is 11.3 Å². The van der Waals surface area contributed by atoms with Crippen molar-refractivity contribution in [3.8, 4) is 11.5 Å². The number of H-pyrrole nitrogens is 1. The molecule has 0 unspecified atom stereocenters. The van der Waals surface area contributed by atoms with E-state index < -0.39 is 5.97 Å². The highest BCUT2D eigenvalue weighted by atomic mass is 32.1. The van der Waals surface area contributed by atoms with Crippen LogP contribution in [0.25, 0.3) is 11.5 Å². The Morgan fingerprint density at radius 2 is 2.08 bits per heavy atom. The number of aromatic nitrogens is 5. The van der Waals surface area contributed by atoms with Gasteiger partial charge in [-0.1, -0.05) is 30.3 Å². The third-order valence-corrected chi connectivity index (χ3v) is 3.95. The normalized spacial score (nSPS) is 12.0. The fourth-order valence-corrected chi connectivity index (χ4v) is 2.74. The number of rotatable bonds is 6. The van der Waals surface area contributed by atoms with Crippen molar-refractivity contribution in [2.45, 2.75) is 18.9 Å². The van der Waals surface area contributed by atoms with E-state index >= 15 is 0 Å². The van der Waals surface area contributed by atoms with Gasteiger partial charge in [-0.15, -0.1) is 0 Å². The van der Waals surface area contributed by atoms with Crippen molar-refractivity contribution in [2.24, 2.45) is 0 Å². The molecule has 0 amide bonds. The van der Waals surface area contributed by atoms with E-state index in [-0.39, 0.29) is 12.3 Å². The summed E-state index contributed by atoms with van der Waals surface area (Å²) in [6, 6.07) is 9.40. The number of carbonyl (C=O) groups excluding carboxylic acids is 1. The zero-order chi connectivity index (χ0) is 16.9. The number of aromatic amines is 1. The van der Waals surface area contributed by atoms with Crippen LogP contribution in [0, 0.1) is 4.77 Å². The molecule has 0 aliphatic heterocycles. The molecule has 1 atom stereocenters. The fourth-order valence-electron chi connectivity index (χ4n) is 2.53. The van der Waals surface area contributed by atoms with Gasteiger partial charge >= 0.3 is 0 Å². The lowest BCUT2D eigenvalue weighted by Crippen LogP contribution is -2.26. The molecule has 0 radical (unpaired) electrons. The van der Waals surface area contributed by atoms with Crippen LogP contribution in [-0.4, -0.2) is 30.7 Å². The first-order valence-corrected chi connectivity index (χ1v) is 7.72. The molecular weight excluding hydrogens is 326 g/mol. The topological polar surface area (TPSA) is 99.5 Å². The molecular formula is C16H14N5O2S-. The van der Waals surface area contributed by atoms with Crippen LogP contribution in [0.1, 0.15) is 17.9 Å². The third-order valence-electron chi connectivity index (χ3n) is 3.64. The van der Waals surface area contributed by atoms with Gasteiger partial charge in [0.15, 0.2) is 10.6 Å². The SMILES string of the molecule is O=C([O-])C[C@H](Cn1c(-c2cnccn2)n[nH]c1=S)c1ccccc1. The molecule has 8 heteroatoms. The fraction of sp³-hybridized carbons (Fsp3) is 0.188. The van der Waals surface area contributed by atoms with E-state index in [4.69, 9.17) is 12.2 Å². The second-order valence-electron chi connectivity index (χ2n) is 5.24. The van der Waals surface area contributed by atoms with Crippen molar-refractivity contribution in [1.29, 1.82) is 0 Å². The number of hydrogen-bond donors (Lipinski definition) is 1. The van der Waals surface area contributed by atoms with E-state index in [2.05, 4.69) is 20.2 Å². The summed E-state index contributed by atoms with van der Waals surface area (Å²) >= 11 is 5.29. The van der Waals surface area contributed by atoms with Crippen LogP contribution >= 0.6 is 12.2 Å². The summed E-state index contributed by atoms with van der Waals surface area (Å²) in [4.78, 5) is 19.4. The van der Waals surface area contributed by atoms with Gasteiger partial charge in [0.1, 0.15) is 5.69 Å². The van der Waals surface area contributed by atoms with Gasteiger partial charge < -0.3 is 9.90 Å². The average molecular weight is 340 g/mol. The number of carboxylic acid groups (broad SMARTS) is 1. The predicted molar refractivity (Wildman–Crippen MR) is 87.2 cm³/mol. The van der Waals surface area contributed by atoms with Crippen molar-refractivity contribution in [1.82, 2.24) is 24.7 Å². The number of hydrogen-bond acceptors (Lipinski definition) is 6. The van der Waals surface area contributed by atoms with E-state index in [9.17, 15) is 9.90 Å². The van der Waals surface area contributed by atoms with Crippen molar-refractivity contribution >= 4 is 18.2 Å². The second-order valence-corrected chi connectivity index (χ2v) is 5.62. The Labute approximate surface area is 143 Å². The maximum absolute atomic E-state index is 11.2. The Morgan fingerprint density at radius 1 is 1.29 bits per heavy atom. The van der Waals surface area contributed by atoms with Gasteiger partial charge in [-0.25, -0.2) is 4.98 Å². The van der Waals surface area contributed by atoms with Crippen LogP contribution in [0.3, 0.4) is 0 Å². The molecule has 3 aromatic rings. The van der Waals surface area contributed by atoms with Crippen molar-refractivity contribution < 1.29 is 9.90 Å². The molecule has 0 aliphatic rings. The van der Waals surface area contributed by atoms with Gasteiger partial charge in [0.05, 0.1) is 6.20 Å². The first-order valence-electron chi connectivity index (χ1n) is 7.31. The van der Waals surface area contributed by atoms with Gasteiger partial charge in [-0.2, -0.15) is 5.10 Å². The number of nitrogens with zero attached hydrogens (tertiary/aromatic N) is 4. The lowest BCUT2D eigenvalue weighted by Gasteiger charge is -2.19. The molecule has 0 spiro atoms. The highest BCUT2D eigenvalue weighted by Gasteiger charge is 2.17. The summed E-state index contributed by atoms with van der Waals surface area (Å²) in [7, 11) is 0. The Morgan fingerprint density at radius 3 is 2.75 bits per heavy atom. The summed E-state index contributed by atoms with van der Waals surface area (Å²) in [6.07, 6.45) is 4.60. The molecule has 0 bridgehead atoms. The molecule has 0 saturated heterocycles. The summed E-state index contributed by atoms with van der Waals surface area (Å²) in [5.41, 5.74) is 1.46. The first-order chi connectivity index (χ1) is 11.6. The summed E-state index contributed by atoms with van der Waals surface area (Å²) in [5, 5.41) is 18.1. The van der Waals surface area contributed by atoms with Crippen LogP contribution in [0.5, 0.6) is 0 Å². The Bertz CT molecular complexity index is 876. The largest absolute Gasteiger partial charge is 0.550 e. The van der Waals surface area contributed by atoms with Crippen LogP contribution in [0.2, 0.25) is 0 Å². The molecule has 0 fully saturated rings. The number of carboxylic acids is 1. The first kappa shape index (κ1) is 16.0. The van der Waals surface area contributed by atoms with Crippen LogP contribution < -0.4 is 5.11 Å². The lowest BCUT2D eigenvalue weighted by molar-refractivity contribution is -0.306. The maximum atomic E-state index is 11.2. The highest BCUT2D eigenvalue weighted by molar-refractivity contribution is 7.71. The van der Waals surface area contributed by atoms with Crippen molar-refractivity contribution in [2.75, 3.05) is 0 Å². The van der Waals surface area contributed by atoms with Gasteiger partial charge in [0.2, 0.25) is 0 Å². The minimum atomic E-state index is -1.11. The quantitative estimate of drug-likeness (QED) is 0.680. The van der Waals surface area contributed by atoms with E-state index in [0.717, 1.165) is 5.56 Å². The monoisotopic (exact) mass is 340 g/mol. The van der Waals surface area contributed by atoms with Gasteiger partial charge in [-0.05, 0) is 24.2 Å². The number of benzene rings is 1. The van der Waals surface area contributed by atoms with Crippen molar-refractivity contribution in [3.05, 3.63) is 59.3 Å². The second kappa shape index (κ2) is 7.14. The standard InChI is InChI=1S/C16H15N5O2S/c22-14(23)8-12(11-4-2-1-3-5-11)10-21-15(19-20-16(21)24)13-9-17-6-7-18-13/h1-7,9,12H,8,10H2,(H,20,24)(H,22,23)/p-1/t12-/m1/s1. The molecule has 2 heterocycles. The van der Waals surface area contributed by atoms with Crippen LogP contribution in [0.15, 0.2) is 48.9 Å². The minimum Gasteiger partial charge on any atom is -0.550 e. The summed E-state index contributed by atoms with van der Waals surface area (Å²) in [6.45, 7) is 0.346. The van der Waals surface area contributed by atoms with Gasteiger partial charge in [0, 0.05) is 30.8 Å². The predicted octanol–water partition coefficient (Wildman–Crippen LogP) is 1.32. The molecule has 3 rings (SSSR count). The zero-order valence-electron chi connectivity index (χ0n) is 12.6. The molecule has 24 heavy (non-hydrogen) atoms. The number of aliphatic carboxylic acids is 1. The molecule has 1 aromatic carbocycles. The van der Waals surface area contributed by atoms with E-state index in [0.29, 0.717) is 22.8 Å². The highest BCUT2D eigenvalue weighted by Crippen LogP contribution is 2.24. The smallest absolute Gasteiger partial charge is 0.195 e. The van der Waals surface area contributed by atoms with E-state index in [1.54, 1.807) is 23.2 Å². The molecule has 122 valence electrons. The van der Waals surface area contributed by atoms with Crippen molar-refractivity contribution in [3.63, 3.8) is 0 Å². The average Bonchev–Trinajstić information content (AvgIpc) is 2.96. The molecule has 0 aliphatic carbocycles. The Balaban J connectivity index is 1.98. The third kappa shape index (κ3) is 3.54. The summed E-state index contributed by atoms with van der Waals surface area (Å²) < 4.78 is 2.13. The minimum absolute atomic E-state index is 0.114. The van der Waals surface area contributed by atoms with Gasteiger partial charge in [0.25, 0.3) is 0 Å². The van der Waals surface area contributed by atoms with Gasteiger partial charge in [-0.3, -0.25) is 14.6 Å². The maximum Gasteiger partial charge on any atom is 0.195 e. The van der Waals surface area contributed by atoms with E-state index in [1.165, 1.54) is 0 Å². The molecule has 1 N–H and O–H groups in total. The molecule has 0 saturated carbocycles. The lowest BCUT2D eigenvalue weighted by atomic mass is 9.95. The Hall–Kier alpha value is -2.87. The number of nitrogens with one attached hydrogen (secondary N) is 1. The molecule has 7 nitrogen and oxygen atoms in total.